The zero-order chi connectivity index (χ0) is 13.8. The summed E-state index contributed by atoms with van der Waals surface area (Å²) < 4.78 is 0. The van der Waals surface area contributed by atoms with Crippen LogP contribution in [-0.2, 0) is 4.79 Å². The molecule has 2 N–H and O–H groups in total. The number of nitrogens with one attached hydrogen (secondary N) is 1. The number of rotatable bonds is 2. The molecule has 1 atom stereocenters. The van der Waals surface area contributed by atoms with E-state index < -0.39 is 6.10 Å². The first kappa shape index (κ1) is 13.5. The minimum atomic E-state index is -0.420. The molecular weight excluding hydrogens is 244 g/mol. The van der Waals surface area contributed by atoms with Gasteiger partial charge >= 0.3 is 0 Å². The predicted octanol–water partition coefficient (Wildman–Crippen LogP) is 1.24. The Morgan fingerprint density at radius 1 is 1.32 bits per heavy atom. The highest BCUT2D eigenvalue weighted by atomic mass is 16.3. The zero-order valence-corrected chi connectivity index (χ0v) is 10.9. The monoisotopic (exact) mass is 262 g/mol. The maximum Gasteiger partial charge on any atom is 0.253 e. The van der Waals surface area contributed by atoms with E-state index in [9.17, 15) is 14.7 Å². The molecule has 2 amide bonds. The molecule has 1 unspecified atom stereocenters. The second-order valence-electron chi connectivity index (χ2n) is 4.81. The van der Waals surface area contributed by atoms with Crippen LogP contribution in [0.15, 0.2) is 24.3 Å². The van der Waals surface area contributed by atoms with Gasteiger partial charge < -0.3 is 15.3 Å². The Kier molecular flexibility index (Phi) is 4.16. The third-order valence-corrected chi connectivity index (χ3v) is 3.14. The smallest absolute Gasteiger partial charge is 0.253 e. The average molecular weight is 262 g/mol. The van der Waals surface area contributed by atoms with Crippen molar-refractivity contribution < 1.29 is 14.7 Å². The lowest BCUT2D eigenvalue weighted by atomic mass is 10.1. The number of benzene rings is 1. The summed E-state index contributed by atoms with van der Waals surface area (Å²) >= 11 is 0. The van der Waals surface area contributed by atoms with Crippen molar-refractivity contribution in [3.8, 4) is 0 Å². The first-order valence-corrected chi connectivity index (χ1v) is 6.41. The van der Waals surface area contributed by atoms with E-state index in [1.54, 1.807) is 29.2 Å². The van der Waals surface area contributed by atoms with E-state index in [1.165, 1.54) is 6.92 Å². The number of anilines is 1. The summed E-state index contributed by atoms with van der Waals surface area (Å²) in [6.07, 6.45) is 1.17. The molecule has 1 saturated heterocycles. The van der Waals surface area contributed by atoms with E-state index in [4.69, 9.17) is 0 Å². The molecule has 5 nitrogen and oxygen atoms in total. The molecule has 19 heavy (non-hydrogen) atoms. The Balaban J connectivity index is 2.04. The summed E-state index contributed by atoms with van der Waals surface area (Å²) in [5, 5.41) is 12.2. The van der Waals surface area contributed by atoms with Gasteiger partial charge in [0.15, 0.2) is 0 Å². The second kappa shape index (κ2) is 5.84. The third kappa shape index (κ3) is 3.54. The molecule has 5 heteroatoms. The van der Waals surface area contributed by atoms with Crippen LogP contribution >= 0.6 is 0 Å². The SMILES string of the molecule is CC(=O)Nc1ccc(C(=O)N2CCCC(O)C2)cc1. The third-order valence-electron chi connectivity index (χ3n) is 3.14. The number of likely N-dealkylation sites (tertiary alicyclic amines) is 1. The largest absolute Gasteiger partial charge is 0.391 e. The minimum absolute atomic E-state index is 0.0758. The highest BCUT2D eigenvalue weighted by Gasteiger charge is 2.22. The lowest BCUT2D eigenvalue weighted by molar-refractivity contribution is -0.114. The fourth-order valence-corrected chi connectivity index (χ4v) is 2.22. The maximum absolute atomic E-state index is 12.2. The first-order valence-electron chi connectivity index (χ1n) is 6.41. The number of amides is 2. The number of carbonyl (C=O) groups is 2. The van der Waals surface area contributed by atoms with Gasteiger partial charge in [-0.25, -0.2) is 0 Å². The molecule has 0 aromatic heterocycles. The van der Waals surface area contributed by atoms with Gasteiger partial charge in [0.05, 0.1) is 6.10 Å². The molecule has 2 rings (SSSR count). The van der Waals surface area contributed by atoms with Crippen LogP contribution in [0.5, 0.6) is 0 Å². The molecule has 1 fully saturated rings. The number of β-amino-alcohol motifs (C(OH)–C–C–N with tert-alkyl or cyclic N) is 1. The lowest BCUT2D eigenvalue weighted by Gasteiger charge is -2.30. The molecule has 0 aliphatic carbocycles. The van der Waals surface area contributed by atoms with E-state index >= 15 is 0 Å². The number of aliphatic hydroxyl groups excluding tert-OH is 1. The molecule has 1 heterocycles. The van der Waals surface area contributed by atoms with Crippen LogP contribution in [0.3, 0.4) is 0 Å². The quantitative estimate of drug-likeness (QED) is 0.842. The highest BCUT2D eigenvalue weighted by Crippen LogP contribution is 2.15. The van der Waals surface area contributed by atoms with Crippen LogP contribution < -0.4 is 5.32 Å². The summed E-state index contributed by atoms with van der Waals surface area (Å²) in [5.41, 5.74) is 1.24. The molecule has 1 aliphatic rings. The number of hydrogen-bond acceptors (Lipinski definition) is 3. The summed E-state index contributed by atoms with van der Waals surface area (Å²) in [7, 11) is 0. The van der Waals surface area contributed by atoms with Crippen molar-refractivity contribution in [1.82, 2.24) is 4.90 Å². The van der Waals surface area contributed by atoms with Crippen molar-refractivity contribution in [1.29, 1.82) is 0 Å². The van der Waals surface area contributed by atoms with Crippen LogP contribution in [0.1, 0.15) is 30.1 Å². The molecule has 0 saturated carbocycles. The summed E-state index contributed by atoms with van der Waals surface area (Å²) in [6, 6.07) is 6.78. The van der Waals surface area contributed by atoms with Gasteiger partial charge in [0.25, 0.3) is 5.91 Å². The number of aliphatic hydroxyl groups is 1. The number of piperidine rings is 1. The van der Waals surface area contributed by atoms with Gasteiger partial charge in [0, 0.05) is 31.3 Å². The molecule has 1 aliphatic heterocycles. The van der Waals surface area contributed by atoms with Crippen molar-refractivity contribution in [3.05, 3.63) is 29.8 Å². The Bertz CT molecular complexity index is 470. The van der Waals surface area contributed by atoms with Crippen molar-refractivity contribution in [3.63, 3.8) is 0 Å². The fraction of sp³-hybridized carbons (Fsp3) is 0.429. The number of nitrogens with zero attached hydrogens (tertiary/aromatic N) is 1. The van der Waals surface area contributed by atoms with Crippen LogP contribution in [0, 0.1) is 0 Å². The second-order valence-corrected chi connectivity index (χ2v) is 4.81. The molecule has 0 bridgehead atoms. The first-order chi connectivity index (χ1) is 9.06. The van der Waals surface area contributed by atoms with Gasteiger partial charge in [-0.3, -0.25) is 9.59 Å². The average Bonchev–Trinajstić information content (AvgIpc) is 2.38. The van der Waals surface area contributed by atoms with Crippen molar-refractivity contribution >= 4 is 17.5 Å². The summed E-state index contributed by atoms with van der Waals surface area (Å²) in [4.78, 5) is 24.8. The van der Waals surface area contributed by atoms with Gasteiger partial charge in [-0.2, -0.15) is 0 Å². The van der Waals surface area contributed by atoms with Crippen LogP contribution in [0.2, 0.25) is 0 Å². The van der Waals surface area contributed by atoms with Gasteiger partial charge in [-0.05, 0) is 37.1 Å². The molecule has 1 aromatic rings. The van der Waals surface area contributed by atoms with E-state index in [0.717, 1.165) is 12.8 Å². The molecular formula is C14H18N2O3. The van der Waals surface area contributed by atoms with Crippen molar-refractivity contribution in [2.75, 3.05) is 18.4 Å². The Hall–Kier alpha value is -1.88. The lowest BCUT2D eigenvalue weighted by Crippen LogP contribution is -2.42. The van der Waals surface area contributed by atoms with Crippen molar-refractivity contribution in [2.24, 2.45) is 0 Å². The van der Waals surface area contributed by atoms with Crippen LogP contribution in [-0.4, -0.2) is 41.0 Å². The van der Waals surface area contributed by atoms with E-state index in [2.05, 4.69) is 5.32 Å². The normalized spacial score (nSPS) is 19.1. The van der Waals surface area contributed by atoms with Crippen LogP contribution in [0.25, 0.3) is 0 Å². The minimum Gasteiger partial charge on any atom is -0.391 e. The van der Waals surface area contributed by atoms with E-state index in [0.29, 0.717) is 24.3 Å². The van der Waals surface area contributed by atoms with Gasteiger partial charge in [-0.1, -0.05) is 0 Å². The topological polar surface area (TPSA) is 69.6 Å². The number of carbonyl (C=O) groups excluding carboxylic acids is 2. The van der Waals surface area contributed by atoms with Crippen molar-refractivity contribution in [2.45, 2.75) is 25.9 Å². The number of hydrogen-bond donors (Lipinski definition) is 2. The Morgan fingerprint density at radius 2 is 2.00 bits per heavy atom. The van der Waals surface area contributed by atoms with E-state index in [1.807, 2.05) is 0 Å². The van der Waals surface area contributed by atoms with Gasteiger partial charge in [0.2, 0.25) is 5.91 Å². The summed E-state index contributed by atoms with van der Waals surface area (Å²) in [5.74, 6) is -0.216. The van der Waals surface area contributed by atoms with Gasteiger partial charge in [-0.15, -0.1) is 0 Å². The summed E-state index contributed by atoms with van der Waals surface area (Å²) in [6.45, 7) is 2.52. The van der Waals surface area contributed by atoms with Gasteiger partial charge in [0.1, 0.15) is 0 Å². The van der Waals surface area contributed by atoms with Crippen LogP contribution in [0.4, 0.5) is 5.69 Å². The Morgan fingerprint density at radius 3 is 2.58 bits per heavy atom. The molecule has 102 valence electrons. The molecule has 1 aromatic carbocycles. The molecule has 0 spiro atoms. The Labute approximate surface area is 112 Å². The maximum atomic E-state index is 12.2. The predicted molar refractivity (Wildman–Crippen MR) is 71.9 cm³/mol. The molecule has 0 radical (unpaired) electrons. The highest BCUT2D eigenvalue weighted by molar-refractivity contribution is 5.95. The standard InChI is InChI=1S/C14H18N2O3/c1-10(17)15-12-6-4-11(5-7-12)14(19)16-8-2-3-13(18)9-16/h4-7,13,18H,2-3,8-9H2,1H3,(H,15,17). The van der Waals surface area contributed by atoms with E-state index in [-0.39, 0.29) is 11.8 Å². The fourth-order valence-electron chi connectivity index (χ4n) is 2.22. The zero-order valence-electron chi connectivity index (χ0n) is 10.9.